The normalized spacial score (nSPS) is 12.5. The average molecular weight is 670 g/mol. The van der Waals surface area contributed by atoms with Crippen molar-refractivity contribution in [1.29, 1.82) is 0 Å². The average Bonchev–Trinajstić information content (AvgIpc) is 3.68. The molecule has 0 aliphatic heterocycles. The number of unbranched alkanes of at least 4 members (excludes halogenated alkanes) is 1. The topological polar surface area (TPSA) is 88.6 Å². The van der Waals surface area contributed by atoms with Crippen LogP contribution in [-0.4, -0.2) is 35.9 Å². The Morgan fingerprint density at radius 1 is 1.02 bits per heavy atom. The number of oxazole rings is 1. The van der Waals surface area contributed by atoms with E-state index in [2.05, 4.69) is 48.4 Å². The number of rotatable bonds is 14. The van der Waals surface area contributed by atoms with Crippen molar-refractivity contribution in [3.05, 3.63) is 101 Å². The Bertz CT molecular complexity index is 1650. The number of hydrogen-bond acceptors (Lipinski definition) is 7. The highest BCUT2D eigenvalue weighted by Gasteiger charge is 2.37. The first-order valence-corrected chi connectivity index (χ1v) is 18.3. The van der Waals surface area contributed by atoms with E-state index >= 15 is 0 Å². The number of nitrogens with zero attached hydrogens (tertiary/aromatic N) is 3. The van der Waals surface area contributed by atoms with Crippen LogP contribution in [0.3, 0.4) is 0 Å². The molecular weight excluding hydrogens is 627 g/mol. The highest BCUT2D eigenvalue weighted by molar-refractivity contribution is 6.74. The van der Waals surface area contributed by atoms with Crippen LogP contribution in [0.1, 0.15) is 78.1 Å². The molecule has 0 aliphatic rings. The summed E-state index contributed by atoms with van der Waals surface area (Å²) < 4.78 is 63.2. The summed E-state index contributed by atoms with van der Waals surface area (Å²) in [5.74, 6) is 1.23. The van der Waals surface area contributed by atoms with Crippen molar-refractivity contribution in [3.8, 4) is 5.75 Å². The molecule has 0 saturated heterocycles. The van der Waals surface area contributed by atoms with E-state index < -0.39 is 26.0 Å². The fourth-order valence-electron chi connectivity index (χ4n) is 4.48. The number of carbonyl (C=O) groups is 1. The van der Waals surface area contributed by atoms with Gasteiger partial charge in [0, 0.05) is 25.0 Å². The van der Waals surface area contributed by atoms with Gasteiger partial charge < -0.3 is 22.9 Å². The molecule has 0 N–H and O–H groups in total. The molecule has 47 heavy (non-hydrogen) atoms. The molecule has 4 aromatic rings. The number of imidazole rings is 1. The summed E-state index contributed by atoms with van der Waals surface area (Å²) in [4.78, 5) is 21.5. The zero-order chi connectivity index (χ0) is 34.2. The summed E-state index contributed by atoms with van der Waals surface area (Å²) in [6.07, 6.45) is 6.44. The first-order valence-electron chi connectivity index (χ1n) is 15.4. The number of carbonyl (C=O) groups excluding carboxylic acids is 1. The molecule has 2 aromatic heterocycles. The van der Waals surface area contributed by atoms with E-state index in [1.807, 2.05) is 12.3 Å². The fraction of sp³-hybridized carbons (Fsp3) is 0.400. The van der Waals surface area contributed by atoms with Gasteiger partial charge in [-0.2, -0.15) is 13.2 Å². The van der Waals surface area contributed by atoms with Gasteiger partial charge in [0.25, 0.3) is 0 Å². The number of halogens is 3. The zero-order valence-electron chi connectivity index (χ0n) is 27.7. The summed E-state index contributed by atoms with van der Waals surface area (Å²) >= 11 is 0. The summed E-state index contributed by atoms with van der Waals surface area (Å²) in [6.45, 7) is 12.5. The zero-order valence-corrected chi connectivity index (χ0v) is 28.7. The predicted molar refractivity (Wildman–Crippen MR) is 176 cm³/mol. The molecular formula is C35H42F3N3O5Si. The van der Waals surface area contributed by atoms with Crippen molar-refractivity contribution in [2.24, 2.45) is 0 Å². The van der Waals surface area contributed by atoms with Crippen molar-refractivity contribution in [2.75, 3.05) is 7.11 Å². The summed E-state index contributed by atoms with van der Waals surface area (Å²) in [6, 6.07) is 10.1. The first-order chi connectivity index (χ1) is 22.2. The molecule has 0 spiro atoms. The van der Waals surface area contributed by atoms with Crippen LogP contribution >= 0.6 is 0 Å². The monoisotopic (exact) mass is 669 g/mol. The van der Waals surface area contributed by atoms with Gasteiger partial charge in [0.2, 0.25) is 5.89 Å². The molecule has 252 valence electrons. The van der Waals surface area contributed by atoms with Gasteiger partial charge >= 0.3 is 12.1 Å². The van der Waals surface area contributed by atoms with Crippen LogP contribution in [0.4, 0.5) is 13.2 Å². The highest BCUT2D eigenvalue weighted by Crippen LogP contribution is 2.37. The van der Waals surface area contributed by atoms with Crippen molar-refractivity contribution < 1.29 is 36.3 Å². The van der Waals surface area contributed by atoms with Crippen molar-refractivity contribution in [2.45, 2.75) is 84.1 Å². The third-order valence-corrected chi connectivity index (χ3v) is 12.8. The second-order valence-corrected chi connectivity index (χ2v) is 17.6. The van der Waals surface area contributed by atoms with E-state index in [4.69, 9.17) is 18.3 Å². The number of aryl methyl sites for hydroxylation is 2. The molecule has 8 nitrogen and oxygen atoms in total. The maximum atomic E-state index is 12.8. The quantitative estimate of drug-likeness (QED) is 0.0752. The Labute approximate surface area is 274 Å². The van der Waals surface area contributed by atoms with Crippen LogP contribution in [-0.2, 0) is 41.5 Å². The summed E-state index contributed by atoms with van der Waals surface area (Å²) in [5, 5.41) is 0.128. The molecule has 0 atom stereocenters. The van der Waals surface area contributed by atoms with Gasteiger partial charge in [0.1, 0.15) is 30.1 Å². The second kappa shape index (κ2) is 15.2. The molecule has 4 rings (SSSR count). The van der Waals surface area contributed by atoms with Gasteiger partial charge in [0.05, 0.1) is 24.8 Å². The predicted octanol–water partition coefficient (Wildman–Crippen LogP) is 8.97. The molecule has 2 heterocycles. The number of ether oxygens (including phenoxy) is 2. The smallest absolute Gasteiger partial charge is 0.416 e. The molecule has 12 heteroatoms. The van der Waals surface area contributed by atoms with Gasteiger partial charge in [-0.3, -0.25) is 0 Å². The van der Waals surface area contributed by atoms with Crippen LogP contribution in [0.2, 0.25) is 18.1 Å². The minimum atomic E-state index is -4.38. The van der Waals surface area contributed by atoms with Crippen molar-refractivity contribution in [3.63, 3.8) is 0 Å². The van der Waals surface area contributed by atoms with Crippen molar-refractivity contribution in [1.82, 2.24) is 14.5 Å². The molecule has 0 aliphatic carbocycles. The third-order valence-electron chi connectivity index (χ3n) is 8.36. The Kier molecular flexibility index (Phi) is 11.5. The number of methoxy groups -OCH3 is 1. The number of alkyl halides is 3. The highest BCUT2D eigenvalue weighted by atomic mass is 28.4. The lowest BCUT2D eigenvalue weighted by molar-refractivity contribution is -0.137. The van der Waals surface area contributed by atoms with E-state index in [-0.39, 0.29) is 17.5 Å². The molecule has 0 bridgehead atoms. The van der Waals surface area contributed by atoms with Crippen LogP contribution in [0.5, 0.6) is 5.75 Å². The number of hydrogen-bond donors (Lipinski definition) is 0. The van der Waals surface area contributed by atoms with E-state index in [0.717, 1.165) is 42.9 Å². The van der Waals surface area contributed by atoms with Gasteiger partial charge in [-0.1, -0.05) is 39.0 Å². The Morgan fingerprint density at radius 3 is 2.45 bits per heavy atom. The van der Waals surface area contributed by atoms with Crippen LogP contribution < -0.4 is 4.74 Å². The van der Waals surface area contributed by atoms with Crippen LogP contribution in [0.15, 0.2) is 65.5 Å². The molecule has 0 amide bonds. The number of benzene rings is 2. The lowest BCUT2D eigenvalue weighted by Crippen LogP contribution is -2.40. The standard InChI is InChI=1S/C35H42F3N3O5Si/c1-34(2,3)47(5,6)46-24-31-39-18-20-41(31)19-8-7-9-26-13-16-29(21-30(26)33(42)43-4)44-22-28-23-45-32(40-28)17-12-25-10-14-27(15-11-25)35(36,37)38/h10-18,20-21,23H,7-9,19,22,24H2,1-6H3/b17-12+. The van der Waals surface area contributed by atoms with Crippen molar-refractivity contribution >= 4 is 26.4 Å². The maximum absolute atomic E-state index is 12.8. The minimum absolute atomic E-state index is 0.0873. The maximum Gasteiger partial charge on any atom is 0.416 e. The Morgan fingerprint density at radius 2 is 1.77 bits per heavy atom. The number of esters is 1. The summed E-state index contributed by atoms with van der Waals surface area (Å²) in [5.41, 5.74) is 1.68. The molecule has 0 saturated carbocycles. The van der Waals surface area contributed by atoms with Gasteiger partial charge in [-0.15, -0.1) is 0 Å². The van der Waals surface area contributed by atoms with Crippen LogP contribution in [0, 0.1) is 0 Å². The lowest BCUT2D eigenvalue weighted by atomic mass is 10.0. The molecule has 0 radical (unpaired) electrons. The second-order valence-electron chi connectivity index (χ2n) is 12.8. The minimum Gasteiger partial charge on any atom is -0.487 e. The first kappa shape index (κ1) is 35.7. The molecule has 2 aromatic carbocycles. The van der Waals surface area contributed by atoms with Gasteiger partial charge in [-0.05, 0) is 78.9 Å². The van der Waals surface area contributed by atoms with E-state index in [1.54, 1.807) is 30.5 Å². The molecule has 0 unspecified atom stereocenters. The number of aromatic nitrogens is 3. The molecule has 0 fully saturated rings. The SMILES string of the molecule is COC(=O)c1cc(OCc2coc(/C=C/c3ccc(C(F)(F)F)cc3)n2)ccc1CCCCn1ccnc1CO[Si](C)(C)C(C)(C)C. The van der Waals surface area contributed by atoms with E-state index in [1.165, 1.54) is 25.5 Å². The largest absolute Gasteiger partial charge is 0.487 e. The van der Waals surface area contributed by atoms with Gasteiger partial charge in [-0.25, -0.2) is 14.8 Å². The van der Waals surface area contributed by atoms with E-state index in [0.29, 0.717) is 35.6 Å². The van der Waals surface area contributed by atoms with Gasteiger partial charge in [0.15, 0.2) is 8.32 Å². The summed E-state index contributed by atoms with van der Waals surface area (Å²) in [7, 11) is -0.534. The fourth-order valence-corrected chi connectivity index (χ4v) is 5.40. The third kappa shape index (κ3) is 9.91. The van der Waals surface area contributed by atoms with E-state index in [9.17, 15) is 18.0 Å². The Balaban J connectivity index is 1.30. The lowest BCUT2D eigenvalue weighted by Gasteiger charge is -2.36. The van der Waals surface area contributed by atoms with Crippen LogP contribution in [0.25, 0.3) is 12.2 Å². The Hall–Kier alpha value is -4.16.